The lowest BCUT2D eigenvalue weighted by Crippen LogP contribution is -1.94. The Kier molecular flexibility index (Phi) is 2.94. The average molecular weight is 296 g/mol. The van der Waals surface area contributed by atoms with E-state index in [0.29, 0.717) is 10.0 Å². The lowest BCUT2D eigenvalue weighted by molar-refractivity contribution is 0.608. The molecular formula is C9H9Br2F. The second kappa shape index (κ2) is 3.46. The minimum atomic E-state index is -0.176. The van der Waals surface area contributed by atoms with Crippen molar-refractivity contribution in [3.63, 3.8) is 0 Å². The maximum Gasteiger partial charge on any atom is 0.141 e. The summed E-state index contributed by atoms with van der Waals surface area (Å²) in [5, 5.41) is 0. The Morgan fingerprint density at radius 1 is 0.833 bits per heavy atom. The molecule has 0 saturated heterocycles. The van der Waals surface area contributed by atoms with Crippen LogP contribution in [0, 0.1) is 26.6 Å². The summed E-state index contributed by atoms with van der Waals surface area (Å²) in [5.74, 6) is -0.176. The third-order valence-corrected chi connectivity index (χ3v) is 4.20. The summed E-state index contributed by atoms with van der Waals surface area (Å²) in [6.07, 6.45) is 0. The van der Waals surface area contributed by atoms with Crippen molar-refractivity contribution in [3.8, 4) is 0 Å². The molecule has 0 bridgehead atoms. The van der Waals surface area contributed by atoms with Gasteiger partial charge in [0.05, 0.1) is 4.47 Å². The molecule has 0 spiro atoms. The van der Waals surface area contributed by atoms with E-state index in [1.54, 1.807) is 6.92 Å². The maximum absolute atomic E-state index is 13.4. The zero-order chi connectivity index (χ0) is 9.46. The second-order valence-corrected chi connectivity index (χ2v) is 4.40. The van der Waals surface area contributed by atoms with Crippen LogP contribution in [0.3, 0.4) is 0 Å². The summed E-state index contributed by atoms with van der Waals surface area (Å²) >= 11 is 6.57. The lowest BCUT2D eigenvalue weighted by atomic mass is 10.1. The van der Waals surface area contributed by atoms with Gasteiger partial charge in [-0.05, 0) is 47.8 Å². The summed E-state index contributed by atoms with van der Waals surface area (Å²) in [7, 11) is 0. The predicted octanol–water partition coefficient (Wildman–Crippen LogP) is 4.28. The Balaban J connectivity index is 3.60. The molecule has 66 valence electrons. The van der Waals surface area contributed by atoms with Crippen molar-refractivity contribution in [1.82, 2.24) is 0 Å². The first kappa shape index (κ1) is 10.2. The molecule has 0 radical (unpaired) electrons. The Bertz CT molecular complexity index is 227. The molecule has 0 aromatic heterocycles. The third kappa shape index (κ3) is 1.44. The van der Waals surface area contributed by atoms with Crippen molar-refractivity contribution >= 4 is 31.9 Å². The molecular weight excluding hydrogens is 287 g/mol. The molecule has 0 aliphatic heterocycles. The normalized spacial score (nSPS) is 10.5. The predicted molar refractivity (Wildman–Crippen MR) is 56.0 cm³/mol. The first-order valence-electron chi connectivity index (χ1n) is 3.57. The van der Waals surface area contributed by atoms with E-state index in [9.17, 15) is 4.39 Å². The van der Waals surface area contributed by atoms with Gasteiger partial charge < -0.3 is 0 Å². The highest BCUT2D eigenvalue weighted by atomic mass is 79.9. The van der Waals surface area contributed by atoms with Crippen LogP contribution in [0.2, 0.25) is 0 Å². The molecule has 0 aliphatic carbocycles. The Labute approximate surface area is 88.4 Å². The number of hydrogen-bond acceptors (Lipinski definition) is 0. The fraction of sp³-hybridized carbons (Fsp3) is 0.333. The van der Waals surface area contributed by atoms with Crippen molar-refractivity contribution < 1.29 is 4.39 Å². The van der Waals surface area contributed by atoms with Crippen molar-refractivity contribution in [2.45, 2.75) is 20.8 Å². The molecule has 0 atom stereocenters. The van der Waals surface area contributed by atoms with Crippen LogP contribution >= 0.6 is 31.9 Å². The summed E-state index contributed by atoms with van der Waals surface area (Å²) < 4.78 is 14.8. The van der Waals surface area contributed by atoms with E-state index in [1.807, 2.05) is 13.8 Å². The molecule has 0 heterocycles. The zero-order valence-electron chi connectivity index (χ0n) is 7.13. The SMILES string of the molecule is Cc1c(C)c(Br)c(F)c(C)c1Br. The molecule has 3 heteroatoms. The van der Waals surface area contributed by atoms with Gasteiger partial charge in [-0.25, -0.2) is 4.39 Å². The maximum atomic E-state index is 13.4. The van der Waals surface area contributed by atoms with Gasteiger partial charge in [0, 0.05) is 10.0 Å². The molecule has 0 unspecified atom stereocenters. The first-order chi connectivity index (χ1) is 5.46. The van der Waals surface area contributed by atoms with Crippen LogP contribution in [0.15, 0.2) is 8.95 Å². The van der Waals surface area contributed by atoms with Gasteiger partial charge in [-0.2, -0.15) is 0 Å². The zero-order valence-corrected chi connectivity index (χ0v) is 10.3. The highest BCUT2D eigenvalue weighted by Gasteiger charge is 2.13. The topological polar surface area (TPSA) is 0 Å². The molecule has 0 amide bonds. The lowest BCUT2D eigenvalue weighted by Gasteiger charge is -2.10. The largest absolute Gasteiger partial charge is 0.205 e. The number of benzene rings is 1. The minimum Gasteiger partial charge on any atom is -0.205 e. The third-order valence-electron chi connectivity index (χ3n) is 2.07. The van der Waals surface area contributed by atoms with E-state index in [-0.39, 0.29) is 5.82 Å². The number of hydrogen-bond donors (Lipinski definition) is 0. The van der Waals surface area contributed by atoms with E-state index in [0.717, 1.165) is 15.6 Å². The smallest absolute Gasteiger partial charge is 0.141 e. The number of rotatable bonds is 0. The second-order valence-electron chi connectivity index (χ2n) is 2.82. The van der Waals surface area contributed by atoms with Gasteiger partial charge >= 0.3 is 0 Å². The van der Waals surface area contributed by atoms with E-state index < -0.39 is 0 Å². The van der Waals surface area contributed by atoms with Gasteiger partial charge in [-0.1, -0.05) is 15.9 Å². The summed E-state index contributed by atoms with van der Waals surface area (Å²) in [6.45, 7) is 5.62. The highest BCUT2D eigenvalue weighted by molar-refractivity contribution is 9.11. The van der Waals surface area contributed by atoms with E-state index in [4.69, 9.17) is 0 Å². The molecule has 1 aromatic carbocycles. The number of halogens is 3. The van der Waals surface area contributed by atoms with Crippen LogP contribution in [-0.2, 0) is 0 Å². The Morgan fingerprint density at radius 3 is 1.75 bits per heavy atom. The van der Waals surface area contributed by atoms with Crippen LogP contribution in [0.1, 0.15) is 16.7 Å². The molecule has 1 aromatic rings. The standard InChI is InChI=1S/C9H9Br2F/c1-4-5(2)8(11)9(12)6(3)7(4)10/h1-3H3. The van der Waals surface area contributed by atoms with Gasteiger partial charge in [-0.3, -0.25) is 0 Å². The van der Waals surface area contributed by atoms with E-state index in [1.165, 1.54) is 0 Å². The fourth-order valence-electron chi connectivity index (χ4n) is 1.04. The monoisotopic (exact) mass is 294 g/mol. The molecule has 0 fully saturated rings. The quantitative estimate of drug-likeness (QED) is 0.627. The van der Waals surface area contributed by atoms with Gasteiger partial charge in [0.2, 0.25) is 0 Å². The molecule has 12 heavy (non-hydrogen) atoms. The molecule has 0 aliphatic rings. The van der Waals surface area contributed by atoms with Crippen LogP contribution in [0.25, 0.3) is 0 Å². The summed E-state index contributed by atoms with van der Waals surface area (Å²) in [6, 6.07) is 0. The van der Waals surface area contributed by atoms with Crippen LogP contribution in [-0.4, -0.2) is 0 Å². The Morgan fingerprint density at radius 2 is 1.25 bits per heavy atom. The molecule has 0 saturated carbocycles. The summed E-state index contributed by atoms with van der Waals surface area (Å²) in [5.41, 5.74) is 2.69. The van der Waals surface area contributed by atoms with Crippen molar-refractivity contribution in [2.75, 3.05) is 0 Å². The first-order valence-corrected chi connectivity index (χ1v) is 5.15. The van der Waals surface area contributed by atoms with Crippen molar-refractivity contribution in [3.05, 3.63) is 31.5 Å². The van der Waals surface area contributed by atoms with Gasteiger partial charge in [-0.15, -0.1) is 0 Å². The van der Waals surface area contributed by atoms with E-state index in [2.05, 4.69) is 31.9 Å². The molecule has 1 rings (SSSR count). The Hall–Kier alpha value is 0.110. The molecule has 0 N–H and O–H groups in total. The van der Waals surface area contributed by atoms with Gasteiger partial charge in [0.25, 0.3) is 0 Å². The highest BCUT2D eigenvalue weighted by Crippen LogP contribution is 2.32. The average Bonchev–Trinajstić information content (AvgIpc) is 2.08. The van der Waals surface area contributed by atoms with Crippen LogP contribution in [0.4, 0.5) is 4.39 Å². The van der Waals surface area contributed by atoms with Crippen molar-refractivity contribution in [2.24, 2.45) is 0 Å². The van der Waals surface area contributed by atoms with Crippen LogP contribution in [0.5, 0.6) is 0 Å². The van der Waals surface area contributed by atoms with Crippen LogP contribution < -0.4 is 0 Å². The van der Waals surface area contributed by atoms with Gasteiger partial charge in [0.15, 0.2) is 0 Å². The van der Waals surface area contributed by atoms with Gasteiger partial charge in [0.1, 0.15) is 5.82 Å². The fourth-order valence-corrected chi connectivity index (χ4v) is 2.10. The van der Waals surface area contributed by atoms with Crippen molar-refractivity contribution in [1.29, 1.82) is 0 Å². The minimum absolute atomic E-state index is 0.176. The summed E-state index contributed by atoms with van der Waals surface area (Å²) in [4.78, 5) is 0. The molecule has 0 nitrogen and oxygen atoms in total. The van der Waals surface area contributed by atoms with E-state index >= 15 is 0 Å².